The van der Waals surface area contributed by atoms with Crippen molar-refractivity contribution >= 4 is 44.5 Å². The average molecular weight is 536 g/mol. The van der Waals surface area contributed by atoms with Gasteiger partial charge in [-0.1, -0.05) is 37.9 Å². The summed E-state index contributed by atoms with van der Waals surface area (Å²) in [6.45, 7) is 4.68. The van der Waals surface area contributed by atoms with Gasteiger partial charge in [0.1, 0.15) is 16.8 Å². The van der Waals surface area contributed by atoms with Crippen LogP contribution in [0, 0.1) is 5.82 Å². The summed E-state index contributed by atoms with van der Waals surface area (Å²) in [5.41, 5.74) is 0.564. The van der Waals surface area contributed by atoms with Gasteiger partial charge in [0.15, 0.2) is 5.17 Å². The fourth-order valence-corrected chi connectivity index (χ4v) is 5.92. The molecule has 8 nitrogen and oxygen atoms in total. The Labute approximate surface area is 215 Å². The first-order valence-corrected chi connectivity index (χ1v) is 14.2. The summed E-state index contributed by atoms with van der Waals surface area (Å²) >= 11 is 0.924. The van der Waals surface area contributed by atoms with Gasteiger partial charge in [-0.25, -0.2) is 4.39 Å². The highest BCUT2D eigenvalue weighted by atomic mass is 32.2. The van der Waals surface area contributed by atoms with Gasteiger partial charge in [0.05, 0.1) is 11.5 Å². The number of rotatable bonds is 12. The first kappa shape index (κ1) is 27.7. The minimum Gasteiger partial charge on any atom is -0.494 e. The molecule has 3 rings (SSSR count). The summed E-state index contributed by atoms with van der Waals surface area (Å²) in [6.07, 6.45) is 4.32. The van der Waals surface area contributed by atoms with E-state index < -0.39 is 27.0 Å². The molecule has 1 heterocycles. The molecule has 36 heavy (non-hydrogen) atoms. The number of nitrogens with one attached hydrogen (secondary N) is 1. The predicted molar refractivity (Wildman–Crippen MR) is 139 cm³/mol. The molecule has 2 aromatic rings. The largest absolute Gasteiger partial charge is 0.494 e. The molecule has 1 saturated heterocycles. The summed E-state index contributed by atoms with van der Waals surface area (Å²) in [5, 5.41) is 1.94. The molecule has 1 aliphatic heterocycles. The molecular weight excluding hydrogens is 505 g/mol. The lowest BCUT2D eigenvalue weighted by Crippen LogP contribution is -2.33. The van der Waals surface area contributed by atoms with Crippen molar-refractivity contribution < 1.29 is 27.1 Å². The molecule has 0 aromatic heterocycles. The van der Waals surface area contributed by atoms with Crippen molar-refractivity contribution in [1.29, 1.82) is 0 Å². The highest BCUT2D eigenvalue weighted by Gasteiger charge is 2.39. The third kappa shape index (κ3) is 7.54. The Bertz CT molecular complexity index is 1190. The Balaban J connectivity index is 1.59. The van der Waals surface area contributed by atoms with Crippen LogP contribution < -0.4 is 10.1 Å². The number of amidine groups is 1. The summed E-state index contributed by atoms with van der Waals surface area (Å²) in [5.74, 6) is -0.629. The van der Waals surface area contributed by atoms with Crippen LogP contribution in [0.2, 0.25) is 0 Å². The Morgan fingerprint density at radius 3 is 2.42 bits per heavy atom. The number of sulfonamides is 1. The van der Waals surface area contributed by atoms with Crippen molar-refractivity contribution in [3.8, 4) is 5.75 Å². The van der Waals surface area contributed by atoms with Crippen LogP contribution in [-0.2, 0) is 19.6 Å². The van der Waals surface area contributed by atoms with E-state index >= 15 is 0 Å². The number of hydrogen-bond acceptors (Lipinski definition) is 6. The Morgan fingerprint density at radius 2 is 1.78 bits per heavy atom. The zero-order chi connectivity index (χ0) is 26.1. The van der Waals surface area contributed by atoms with Gasteiger partial charge in [-0.15, -0.1) is 4.40 Å². The first-order chi connectivity index (χ1) is 17.2. The van der Waals surface area contributed by atoms with Gasteiger partial charge >= 0.3 is 0 Å². The fourth-order valence-electron chi connectivity index (χ4n) is 3.50. The van der Waals surface area contributed by atoms with Crippen LogP contribution >= 0.6 is 11.8 Å². The van der Waals surface area contributed by atoms with E-state index in [2.05, 4.69) is 16.6 Å². The Hall–Kier alpha value is -2.92. The van der Waals surface area contributed by atoms with Crippen molar-refractivity contribution in [3.63, 3.8) is 0 Å². The van der Waals surface area contributed by atoms with E-state index in [-0.39, 0.29) is 28.9 Å². The lowest BCUT2D eigenvalue weighted by molar-refractivity contribution is -0.128. The summed E-state index contributed by atoms with van der Waals surface area (Å²) in [6, 6.07) is 11.3. The molecule has 0 aliphatic carbocycles. The Morgan fingerprint density at radius 1 is 1.08 bits per heavy atom. The number of carbonyl (C=O) groups is 2. The number of carbonyl (C=O) groups excluding carboxylic acids is 2. The lowest BCUT2D eigenvalue weighted by atomic mass is 10.2. The number of unbranched alkanes of at least 4 members (excludes halogenated alkanes) is 3. The first-order valence-electron chi connectivity index (χ1n) is 11.8. The van der Waals surface area contributed by atoms with Crippen LogP contribution in [-0.4, -0.2) is 48.7 Å². The predicted octanol–water partition coefficient (Wildman–Crippen LogP) is 4.82. The highest BCUT2D eigenvalue weighted by molar-refractivity contribution is 8.16. The van der Waals surface area contributed by atoms with Crippen LogP contribution in [0.4, 0.5) is 10.1 Å². The minimum atomic E-state index is -4.15. The van der Waals surface area contributed by atoms with E-state index in [0.29, 0.717) is 18.0 Å². The number of thioether (sulfide) groups is 1. The Kier molecular flexibility index (Phi) is 9.89. The number of ether oxygens (including phenoxy) is 1. The zero-order valence-corrected chi connectivity index (χ0v) is 21.9. The molecule has 194 valence electrons. The van der Waals surface area contributed by atoms with Crippen LogP contribution in [0.15, 0.2) is 57.8 Å². The van der Waals surface area contributed by atoms with Crippen molar-refractivity contribution in [2.45, 2.75) is 56.1 Å². The van der Waals surface area contributed by atoms with E-state index in [1.165, 1.54) is 17.7 Å². The maximum absolute atomic E-state index is 13.2. The van der Waals surface area contributed by atoms with Gasteiger partial charge in [-0.3, -0.25) is 14.5 Å². The van der Waals surface area contributed by atoms with Gasteiger partial charge in [0.2, 0.25) is 11.8 Å². The maximum Gasteiger partial charge on any atom is 0.284 e. The van der Waals surface area contributed by atoms with Crippen molar-refractivity contribution in [2.24, 2.45) is 4.40 Å². The topological polar surface area (TPSA) is 105 Å². The zero-order valence-electron chi connectivity index (χ0n) is 20.3. The van der Waals surface area contributed by atoms with Crippen molar-refractivity contribution in [1.82, 2.24) is 4.90 Å². The quantitative estimate of drug-likeness (QED) is 0.391. The molecule has 0 saturated carbocycles. The normalized spacial score (nSPS) is 17.0. The van der Waals surface area contributed by atoms with E-state index in [1.807, 2.05) is 0 Å². The number of nitrogens with zero attached hydrogens (tertiary/aromatic N) is 2. The number of benzene rings is 2. The van der Waals surface area contributed by atoms with E-state index in [1.54, 1.807) is 31.2 Å². The smallest absolute Gasteiger partial charge is 0.284 e. The van der Waals surface area contributed by atoms with Crippen LogP contribution in [0.1, 0.15) is 46.0 Å². The molecule has 0 radical (unpaired) electrons. The standard InChI is InChI=1S/C25H30FN3O5S2/c1-3-5-6-7-16-34-20-12-10-19(11-13-20)27-23(30)17-22-24(31)29(4-2)25(35-22)28-36(32,33)21-14-8-18(26)9-15-21/h8-15,22H,3-7,16-17H2,1-2H3,(H,27,30). The molecule has 1 aliphatic rings. The van der Waals surface area contributed by atoms with Crippen molar-refractivity contribution in [2.75, 3.05) is 18.5 Å². The molecule has 1 atom stereocenters. The molecule has 11 heteroatoms. The van der Waals surface area contributed by atoms with E-state index in [9.17, 15) is 22.4 Å². The van der Waals surface area contributed by atoms with Crippen LogP contribution in [0.25, 0.3) is 0 Å². The lowest BCUT2D eigenvalue weighted by Gasteiger charge is -2.13. The second-order valence-electron chi connectivity index (χ2n) is 8.18. The number of hydrogen-bond donors (Lipinski definition) is 1. The maximum atomic E-state index is 13.2. The molecule has 0 spiro atoms. The second-order valence-corrected chi connectivity index (χ2v) is 11.0. The number of anilines is 1. The van der Waals surface area contributed by atoms with E-state index in [4.69, 9.17) is 4.74 Å². The number of amides is 2. The SMILES string of the molecule is CCCCCCOc1ccc(NC(=O)CC2SC(=NS(=O)(=O)c3ccc(F)cc3)N(CC)C2=O)cc1. The molecule has 1 fully saturated rings. The fraction of sp³-hybridized carbons (Fsp3) is 0.400. The van der Waals surface area contributed by atoms with Crippen LogP contribution in [0.3, 0.4) is 0 Å². The molecule has 1 unspecified atom stereocenters. The third-order valence-corrected chi connectivity index (χ3v) is 7.99. The number of halogens is 1. The van der Waals surface area contributed by atoms with E-state index in [0.717, 1.165) is 48.9 Å². The minimum absolute atomic E-state index is 0.00920. The molecule has 0 bridgehead atoms. The molecule has 2 amide bonds. The van der Waals surface area contributed by atoms with Gasteiger partial charge in [0.25, 0.3) is 10.0 Å². The average Bonchev–Trinajstić information content (AvgIpc) is 3.13. The molecule has 1 N–H and O–H groups in total. The van der Waals surface area contributed by atoms with Gasteiger partial charge < -0.3 is 10.1 Å². The second kappa shape index (κ2) is 12.9. The van der Waals surface area contributed by atoms with Gasteiger partial charge in [-0.2, -0.15) is 8.42 Å². The molecule has 2 aromatic carbocycles. The monoisotopic (exact) mass is 535 g/mol. The summed E-state index contributed by atoms with van der Waals surface area (Å²) in [4.78, 5) is 26.4. The van der Waals surface area contributed by atoms with Crippen LogP contribution in [0.5, 0.6) is 5.75 Å². The summed E-state index contributed by atoms with van der Waals surface area (Å²) in [7, 11) is -4.15. The van der Waals surface area contributed by atoms with Crippen molar-refractivity contribution in [3.05, 3.63) is 54.3 Å². The third-order valence-electron chi connectivity index (χ3n) is 5.42. The summed E-state index contributed by atoms with van der Waals surface area (Å²) < 4.78 is 47.9. The van der Waals surface area contributed by atoms with Gasteiger partial charge in [-0.05, 0) is 61.9 Å². The molecular formula is C25H30FN3O5S2. The highest BCUT2D eigenvalue weighted by Crippen LogP contribution is 2.31. The van der Waals surface area contributed by atoms with Gasteiger partial charge in [0, 0.05) is 18.7 Å².